The van der Waals surface area contributed by atoms with Crippen molar-refractivity contribution < 1.29 is 4.42 Å². The van der Waals surface area contributed by atoms with Crippen LogP contribution in [0.1, 0.15) is 17.9 Å². The van der Waals surface area contributed by atoms with Gasteiger partial charge in [0.2, 0.25) is 0 Å². The van der Waals surface area contributed by atoms with Crippen molar-refractivity contribution in [3.8, 4) is 0 Å². The third-order valence-corrected chi connectivity index (χ3v) is 2.95. The summed E-state index contributed by atoms with van der Waals surface area (Å²) in [5.41, 5.74) is 1.13. The summed E-state index contributed by atoms with van der Waals surface area (Å²) in [5.74, 6) is 1.05. The molecule has 0 aliphatic rings. The predicted octanol–water partition coefficient (Wildman–Crippen LogP) is 1.78. The van der Waals surface area contributed by atoms with Crippen LogP contribution >= 0.6 is 0 Å². The van der Waals surface area contributed by atoms with Crippen molar-refractivity contribution in [1.29, 1.82) is 0 Å². The molecule has 2 heterocycles. The van der Waals surface area contributed by atoms with Crippen LogP contribution in [0.25, 0.3) is 0 Å². The predicted molar refractivity (Wildman–Crippen MR) is 66.8 cm³/mol. The highest BCUT2D eigenvalue weighted by Gasteiger charge is 2.10. The molecule has 1 unspecified atom stereocenters. The molecule has 0 fully saturated rings. The average Bonchev–Trinajstić information content (AvgIpc) is 2.96. The van der Waals surface area contributed by atoms with E-state index >= 15 is 0 Å². The molecule has 0 saturated heterocycles. The molecular formula is C13H19N3O. The van der Waals surface area contributed by atoms with Crippen LogP contribution in [-0.2, 0) is 19.9 Å². The van der Waals surface area contributed by atoms with Gasteiger partial charge in [-0.25, -0.2) is 0 Å². The van der Waals surface area contributed by atoms with Crippen molar-refractivity contribution in [3.63, 3.8) is 0 Å². The number of likely N-dealkylation sites (N-methyl/N-ethyl adjacent to an activating group) is 1. The summed E-state index contributed by atoms with van der Waals surface area (Å²) in [6.07, 6.45) is 6.68. The standard InChI is InChI=1S/C13H19N3O/c1-14-11(5-6-13-4-3-9-17-13)10-12-7-8-16(2)15-12/h3-4,7-9,11,14H,5-6,10H2,1-2H3. The van der Waals surface area contributed by atoms with Crippen molar-refractivity contribution in [1.82, 2.24) is 15.1 Å². The quantitative estimate of drug-likeness (QED) is 0.827. The molecule has 17 heavy (non-hydrogen) atoms. The number of rotatable bonds is 6. The maximum Gasteiger partial charge on any atom is 0.103 e. The third kappa shape index (κ3) is 3.46. The fraction of sp³-hybridized carbons (Fsp3) is 0.462. The SMILES string of the molecule is CNC(CCc1ccco1)Cc1ccn(C)n1. The van der Waals surface area contributed by atoms with Crippen molar-refractivity contribution in [2.24, 2.45) is 7.05 Å². The summed E-state index contributed by atoms with van der Waals surface area (Å²) < 4.78 is 7.18. The van der Waals surface area contributed by atoms with Gasteiger partial charge in [0, 0.05) is 32.1 Å². The fourth-order valence-electron chi connectivity index (χ4n) is 1.94. The lowest BCUT2D eigenvalue weighted by atomic mass is 10.1. The van der Waals surface area contributed by atoms with Crippen molar-refractivity contribution >= 4 is 0 Å². The van der Waals surface area contributed by atoms with Gasteiger partial charge in [-0.1, -0.05) is 0 Å². The highest BCUT2D eigenvalue weighted by Crippen LogP contribution is 2.09. The smallest absolute Gasteiger partial charge is 0.103 e. The molecule has 4 nitrogen and oxygen atoms in total. The normalized spacial score (nSPS) is 12.8. The molecule has 1 atom stereocenters. The van der Waals surface area contributed by atoms with Crippen LogP contribution in [-0.4, -0.2) is 22.9 Å². The summed E-state index contributed by atoms with van der Waals surface area (Å²) >= 11 is 0. The molecule has 2 aromatic heterocycles. The van der Waals surface area contributed by atoms with Crippen LogP contribution in [0.2, 0.25) is 0 Å². The first-order valence-electron chi connectivity index (χ1n) is 5.96. The van der Waals surface area contributed by atoms with Gasteiger partial charge >= 0.3 is 0 Å². The average molecular weight is 233 g/mol. The molecule has 0 aliphatic carbocycles. The van der Waals surface area contributed by atoms with Crippen LogP contribution in [0.5, 0.6) is 0 Å². The van der Waals surface area contributed by atoms with Gasteiger partial charge in [-0.3, -0.25) is 4.68 Å². The third-order valence-electron chi connectivity index (χ3n) is 2.95. The molecule has 0 radical (unpaired) electrons. The molecular weight excluding hydrogens is 214 g/mol. The molecule has 92 valence electrons. The summed E-state index contributed by atoms with van der Waals surface area (Å²) in [5, 5.41) is 7.73. The summed E-state index contributed by atoms with van der Waals surface area (Å²) in [4.78, 5) is 0. The van der Waals surface area contributed by atoms with Crippen LogP contribution in [0.15, 0.2) is 35.1 Å². The van der Waals surface area contributed by atoms with E-state index in [4.69, 9.17) is 4.42 Å². The van der Waals surface area contributed by atoms with E-state index in [0.717, 1.165) is 30.7 Å². The molecule has 4 heteroatoms. The second kappa shape index (κ2) is 5.68. The first kappa shape index (κ1) is 11.9. The summed E-state index contributed by atoms with van der Waals surface area (Å²) in [6.45, 7) is 0. The number of hydrogen-bond acceptors (Lipinski definition) is 3. The molecule has 0 aliphatic heterocycles. The zero-order valence-corrected chi connectivity index (χ0v) is 10.4. The largest absolute Gasteiger partial charge is 0.469 e. The van der Waals surface area contributed by atoms with E-state index in [2.05, 4.69) is 16.5 Å². The Bertz CT molecular complexity index is 433. The number of aryl methyl sites for hydroxylation is 2. The second-order valence-corrected chi connectivity index (χ2v) is 4.29. The van der Waals surface area contributed by atoms with Gasteiger partial charge in [0.05, 0.1) is 12.0 Å². The molecule has 0 saturated carbocycles. The summed E-state index contributed by atoms with van der Waals surface area (Å²) in [7, 11) is 3.94. The van der Waals surface area contributed by atoms with E-state index in [1.807, 2.05) is 37.1 Å². The highest BCUT2D eigenvalue weighted by atomic mass is 16.3. The maximum atomic E-state index is 5.34. The van der Waals surface area contributed by atoms with Crippen LogP contribution in [0, 0.1) is 0 Å². The molecule has 0 amide bonds. The zero-order chi connectivity index (χ0) is 12.1. The Morgan fingerprint density at radius 2 is 2.35 bits per heavy atom. The Hall–Kier alpha value is -1.55. The Kier molecular flexibility index (Phi) is 3.98. The Labute approximate surface area is 102 Å². The number of nitrogens with one attached hydrogen (secondary N) is 1. The van der Waals surface area contributed by atoms with Gasteiger partial charge < -0.3 is 9.73 Å². The minimum atomic E-state index is 0.440. The topological polar surface area (TPSA) is 43.0 Å². The molecule has 0 bridgehead atoms. The van der Waals surface area contributed by atoms with Gasteiger partial charge in [0.25, 0.3) is 0 Å². The first-order chi connectivity index (χ1) is 8.28. The van der Waals surface area contributed by atoms with Gasteiger partial charge in [-0.05, 0) is 31.7 Å². The van der Waals surface area contributed by atoms with E-state index in [1.54, 1.807) is 6.26 Å². The number of hydrogen-bond donors (Lipinski definition) is 1. The van der Waals surface area contributed by atoms with E-state index in [0.29, 0.717) is 6.04 Å². The molecule has 2 aromatic rings. The maximum absolute atomic E-state index is 5.34. The second-order valence-electron chi connectivity index (χ2n) is 4.29. The lowest BCUT2D eigenvalue weighted by Gasteiger charge is -2.13. The molecule has 0 aromatic carbocycles. The van der Waals surface area contributed by atoms with E-state index in [-0.39, 0.29) is 0 Å². The highest BCUT2D eigenvalue weighted by molar-refractivity contribution is 5.03. The number of nitrogens with zero attached hydrogens (tertiary/aromatic N) is 2. The lowest BCUT2D eigenvalue weighted by molar-refractivity contribution is 0.457. The molecule has 1 N–H and O–H groups in total. The van der Waals surface area contributed by atoms with Gasteiger partial charge in [0.1, 0.15) is 5.76 Å². The molecule has 0 spiro atoms. The minimum absolute atomic E-state index is 0.440. The summed E-state index contributed by atoms with van der Waals surface area (Å²) in [6, 6.07) is 6.46. The Balaban J connectivity index is 1.84. The van der Waals surface area contributed by atoms with E-state index in [9.17, 15) is 0 Å². The fourth-order valence-corrected chi connectivity index (χ4v) is 1.94. The van der Waals surface area contributed by atoms with Crippen molar-refractivity contribution in [2.75, 3.05) is 7.05 Å². The Morgan fingerprint density at radius 1 is 1.47 bits per heavy atom. The van der Waals surface area contributed by atoms with Crippen molar-refractivity contribution in [3.05, 3.63) is 42.1 Å². The zero-order valence-electron chi connectivity index (χ0n) is 10.4. The van der Waals surface area contributed by atoms with Crippen LogP contribution in [0.3, 0.4) is 0 Å². The van der Waals surface area contributed by atoms with Gasteiger partial charge in [-0.2, -0.15) is 5.10 Å². The van der Waals surface area contributed by atoms with Gasteiger partial charge in [-0.15, -0.1) is 0 Å². The lowest BCUT2D eigenvalue weighted by Crippen LogP contribution is -2.28. The van der Waals surface area contributed by atoms with E-state index in [1.165, 1.54) is 0 Å². The van der Waals surface area contributed by atoms with Crippen LogP contribution < -0.4 is 5.32 Å². The number of furan rings is 1. The monoisotopic (exact) mass is 233 g/mol. The first-order valence-corrected chi connectivity index (χ1v) is 5.96. The Morgan fingerprint density at radius 3 is 2.94 bits per heavy atom. The van der Waals surface area contributed by atoms with Crippen molar-refractivity contribution in [2.45, 2.75) is 25.3 Å². The van der Waals surface area contributed by atoms with Crippen LogP contribution in [0.4, 0.5) is 0 Å². The minimum Gasteiger partial charge on any atom is -0.469 e. The van der Waals surface area contributed by atoms with E-state index < -0.39 is 0 Å². The van der Waals surface area contributed by atoms with Gasteiger partial charge in [0.15, 0.2) is 0 Å². The molecule has 2 rings (SSSR count). The number of aromatic nitrogens is 2.